The van der Waals surface area contributed by atoms with Crippen molar-refractivity contribution in [2.24, 2.45) is 4.99 Å². The fourth-order valence-electron chi connectivity index (χ4n) is 27.0. The number of ether oxygens (including phenoxy) is 1. The molecule has 3 heteroatoms. The smallest absolute Gasteiger partial charge is 0.337 e. The van der Waals surface area contributed by atoms with E-state index >= 15 is 4.79 Å². The van der Waals surface area contributed by atoms with E-state index in [1.54, 1.807) is 151 Å². The van der Waals surface area contributed by atoms with Gasteiger partial charge in [0.1, 0.15) is 5.60 Å². The number of esters is 1. The molecule has 0 atom stereocenters. The highest BCUT2D eigenvalue weighted by atomic mass is 16.6. The van der Waals surface area contributed by atoms with Gasteiger partial charge in [0.15, 0.2) is 5.54 Å². The maximum atomic E-state index is 17.9. The van der Waals surface area contributed by atoms with Crippen LogP contribution in [0.3, 0.4) is 0 Å². The molecule has 0 unspecified atom stereocenters. The molecule has 0 bridgehead atoms. The number of aliphatic imine (C=N–C) groups is 1. The van der Waals surface area contributed by atoms with Crippen LogP contribution in [0.1, 0.15) is 54.2 Å². The van der Waals surface area contributed by atoms with Crippen LogP contribution in [-0.4, -0.2) is 22.8 Å². The lowest BCUT2D eigenvalue weighted by molar-refractivity contribution is -0.158. The van der Waals surface area contributed by atoms with Crippen LogP contribution in [0.25, 0.3) is 291 Å². The summed E-state index contributed by atoms with van der Waals surface area (Å²) in [5, 5.41) is 83.2. The zero-order chi connectivity index (χ0) is 50.3. The summed E-state index contributed by atoms with van der Waals surface area (Å²) >= 11 is 0. The Hall–Kier alpha value is -9.96. The Kier molecular flexibility index (Phi) is 3.11. The summed E-state index contributed by atoms with van der Waals surface area (Å²) < 4.78 is 7.43. The monoisotopic (exact) mass is 1010 g/mol. The number of carbonyl (C=O) groups is 1. The van der Waals surface area contributed by atoms with E-state index in [9.17, 15) is 0 Å². The Labute approximate surface area is 451 Å². The molecule has 0 aromatic heterocycles. The molecule has 0 saturated heterocycles. The molecule has 0 amide bonds. The quantitative estimate of drug-likeness (QED) is 0.100. The lowest BCUT2D eigenvalue weighted by Crippen LogP contribution is -2.40. The van der Waals surface area contributed by atoms with Crippen molar-refractivity contribution in [3.63, 3.8) is 0 Å². The molecule has 0 N–H and O–H groups in total. The van der Waals surface area contributed by atoms with E-state index in [-0.39, 0.29) is 5.97 Å². The molecule has 2 spiro atoms. The average Bonchev–Trinajstić information content (AvgIpc) is 1.36. The number of carbonyl (C=O) groups excluding carboxylic acids is 1. The molecule has 352 valence electrons. The number of nitrogens with zero attached hydrogens (tertiary/aromatic N) is 1. The molecule has 0 aliphatic heterocycles. The van der Waals surface area contributed by atoms with Gasteiger partial charge in [-0.15, -0.1) is 0 Å². The fraction of sp³-hybridized carbons (Fsp3) is 0.0886. The van der Waals surface area contributed by atoms with Crippen molar-refractivity contribution in [3.05, 3.63) is 94.0 Å². The Morgan fingerprint density at radius 1 is 0.280 bits per heavy atom. The van der Waals surface area contributed by atoms with Crippen molar-refractivity contribution in [2.75, 3.05) is 0 Å². The molecule has 35 rings (SSSR count). The first-order chi connectivity index (χ1) is 40.4. The molecule has 30 aromatic rings. The van der Waals surface area contributed by atoms with Crippen molar-refractivity contribution in [3.8, 4) is 0 Å². The third-order valence-corrected chi connectivity index (χ3v) is 27.4. The van der Waals surface area contributed by atoms with E-state index in [1.807, 2.05) is 0 Å². The van der Waals surface area contributed by atoms with Gasteiger partial charge in [-0.3, -0.25) is 4.99 Å². The molecule has 0 radical (unpaired) electrons. The van der Waals surface area contributed by atoms with Gasteiger partial charge in [0, 0.05) is 11.1 Å². The summed E-state index contributed by atoms with van der Waals surface area (Å²) in [5.74, 6) is -0.167. The minimum atomic E-state index is -1.43. The largest absolute Gasteiger partial charge is 0.458 e. The number of benzene rings is 20. The van der Waals surface area contributed by atoms with Gasteiger partial charge >= 0.3 is 5.97 Å². The highest BCUT2D eigenvalue weighted by Gasteiger charge is 2.99. The predicted molar refractivity (Wildman–Crippen MR) is 341 cm³/mol. The molecular weight excluding hydrogens is 995 g/mol. The minimum Gasteiger partial charge on any atom is -0.458 e. The van der Waals surface area contributed by atoms with Gasteiger partial charge in [-0.05, 0) is 334 Å². The second kappa shape index (κ2) is 7.75. The van der Waals surface area contributed by atoms with Crippen LogP contribution in [0, 0.1) is 0 Å². The van der Waals surface area contributed by atoms with Crippen LogP contribution in [0.5, 0.6) is 0 Å². The van der Waals surface area contributed by atoms with Crippen LogP contribution < -0.4 is 0 Å². The lowest BCUT2D eigenvalue weighted by atomic mass is 9.68. The van der Waals surface area contributed by atoms with E-state index < -0.39 is 22.0 Å². The van der Waals surface area contributed by atoms with Crippen molar-refractivity contribution < 1.29 is 9.53 Å². The minimum absolute atomic E-state index is 0.167. The number of hydrogen-bond acceptors (Lipinski definition) is 3. The Balaban J connectivity index is 1.04. The van der Waals surface area contributed by atoms with Crippen molar-refractivity contribution in [1.82, 2.24) is 0 Å². The highest BCUT2D eigenvalue weighted by molar-refractivity contribution is 6.82. The van der Waals surface area contributed by atoms with Crippen LogP contribution >= 0.6 is 0 Å². The maximum absolute atomic E-state index is 17.9. The van der Waals surface area contributed by atoms with Gasteiger partial charge in [0.2, 0.25) is 0 Å². The van der Waals surface area contributed by atoms with Gasteiger partial charge in [0.05, 0.1) is 16.5 Å². The van der Waals surface area contributed by atoms with Crippen LogP contribution in [0.2, 0.25) is 0 Å². The van der Waals surface area contributed by atoms with Crippen molar-refractivity contribution >= 4 is 303 Å². The second-order valence-electron chi connectivity index (χ2n) is 29.7. The summed E-state index contributed by atoms with van der Waals surface area (Å²) in [6.07, 6.45) is 0. The van der Waals surface area contributed by atoms with Crippen LogP contribution in [-0.2, 0) is 20.4 Å². The zero-order valence-corrected chi connectivity index (χ0v) is 43.0. The predicted octanol–water partition coefficient (Wildman–Crippen LogP) is 19.9. The zero-order valence-electron chi connectivity index (χ0n) is 43.0. The second-order valence-corrected chi connectivity index (χ2v) is 29.7. The fourth-order valence-corrected chi connectivity index (χ4v) is 27.0. The average molecular weight is 1010 g/mol. The first-order valence-electron chi connectivity index (χ1n) is 30.1. The molecule has 0 heterocycles. The molecular formula is C79H19NO2. The van der Waals surface area contributed by atoms with E-state index in [4.69, 9.17) is 9.73 Å². The molecule has 1 fully saturated rings. The van der Waals surface area contributed by atoms with Crippen molar-refractivity contribution in [2.45, 2.75) is 42.7 Å². The first-order valence-corrected chi connectivity index (χ1v) is 30.1. The van der Waals surface area contributed by atoms with E-state index in [1.165, 1.54) is 162 Å². The van der Waals surface area contributed by atoms with Gasteiger partial charge in [-0.25, -0.2) is 4.79 Å². The molecule has 3 nitrogen and oxygen atoms in total. The summed E-state index contributed by atoms with van der Waals surface area (Å²) in [4.78, 5) is 24.6. The normalized spacial score (nSPS) is 22.5. The van der Waals surface area contributed by atoms with Crippen LogP contribution in [0.4, 0.5) is 0 Å². The third-order valence-electron chi connectivity index (χ3n) is 27.4. The summed E-state index contributed by atoms with van der Waals surface area (Å²) in [5.41, 5.74) is 4.60. The Morgan fingerprint density at radius 3 is 0.622 bits per heavy atom. The number of hydrogen-bond donors (Lipinski definition) is 0. The third kappa shape index (κ3) is 1.90. The van der Waals surface area contributed by atoms with E-state index in [0.717, 1.165) is 16.8 Å². The summed E-state index contributed by atoms with van der Waals surface area (Å²) in [6, 6.07) is 21.8. The van der Waals surface area contributed by atoms with Gasteiger partial charge in [-0.2, -0.15) is 0 Å². The molecule has 5 aliphatic carbocycles. The van der Waals surface area contributed by atoms with Gasteiger partial charge < -0.3 is 4.74 Å². The Morgan fingerprint density at radius 2 is 0.451 bits per heavy atom. The summed E-state index contributed by atoms with van der Waals surface area (Å²) in [7, 11) is 0. The maximum Gasteiger partial charge on any atom is 0.337 e. The summed E-state index contributed by atoms with van der Waals surface area (Å²) in [6.45, 7) is 6.31. The topological polar surface area (TPSA) is 38.7 Å². The molecule has 30 aromatic carbocycles. The highest BCUT2D eigenvalue weighted by Crippen LogP contribution is 2.94. The standard InChI is InChI=1S/C79H19NO2/c1-76(2,3)82-75(81)79(80-74(14-10-6-4-7-11-14)15-12-8-5-9-13-15)77-70-62-54-44-34-26-18-16-17-20-24-22(18)30-38-32(24)42-36-28(20)29-21(17)25-23-19(16)27(26)35-41-31(23)39-33(25)43-37(29)47-46(36)56-50(42)60-52(38)58(48(54)40(30)34)66(70)68(60)72-64(56)65-57(47)51(43)61-53(39)59-49(41)55(45(35)44)63(62)71(77)67(59)69(61)73(65)78(72,77)79/h4-13H,1-3H3. The van der Waals surface area contributed by atoms with E-state index in [0.29, 0.717) is 0 Å². The first kappa shape index (κ1) is 33.0. The van der Waals surface area contributed by atoms with Gasteiger partial charge in [-0.1, -0.05) is 60.7 Å². The molecule has 5 aliphatic rings. The van der Waals surface area contributed by atoms with E-state index in [2.05, 4.69) is 81.4 Å². The lowest BCUT2D eigenvalue weighted by Gasteiger charge is -2.31. The molecule has 1 saturated carbocycles. The molecule has 82 heavy (non-hydrogen) atoms. The van der Waals surface area contributed by atoms with Crippen molar-refractivity contribution in [1.29, 1.82) is 0 Å². The number of rotatable bonds is 4. The van der Waals surface area contributed by atoms with Gasteiger partial charge in [0.25, 0.3) is 0 Å². The SMILES string of the molecule is CC(C)(C)OC(=O)C1(N=C(c2ccccc2)c2ccccc2)C23c4c5c6c7c8c9c(c%10c%11c2c2c4c4c%12c5c5c6c6c8c8c%13c9c9c%10c%10c%11c%11c2c2c4c4c%12c%12c5c5c6c8c6c8c%13c9c9c%10c%10c%11c2c2c4c4c%12c5c6c5c8c9c%10c2c45)C713. The van der Waals surface area contributed by atoms with Crippen LogP contribution in [0.15, 0.2) is 65.7 Å². The Bertz CT molecular complexity index is 7500.